The lowest BCUT2D eigenvalue weighted by molar-refractivity contribution is 0.523. The van der Waals surface area contributed by atoms with Gasteiger partial charge in [-0.3, -0.25) is 0 Å². The Balaban J connectivity index is 2.42. The first-order chi connectivity index (χ1) is 8.13. The minimum Gasteiger partial charge on any atom is -0.469 e. The molecule has 1 atom stereocenters. The van der Waals surface area contributed by atoms with E-state index in [4.69, 9.17) is 27.6 Å². The summed E-state index contributed by atoms with van der Waals surface area (Å²) in [5, 5.41) is 4.37. The third-order valence-corrected chi connectivity index (χ3v) is 3.51. The molecule has 0 aliphatic heterocycles. The summed E-state index contributed by atoms with van der Waals surface area (Å²) in [5.74, 6) is 0.899. The molecule has 1 heterocycles. The first-order valence-electron chi connectivity index (χ1n) is 5.29. The fraction of sp³-hybridized carbons (Fsp3) is 0.231. The Morgan fingerprint density at radius 3 is 2.47 bits per heavy atom. The second kappa shape index (κ2) is 5.13. The molecule has 17 heavy (non-hydrogen) atoms. The molecule has 0 spiro atoms. The van der Waals surface area contributed by atoms with E-state index >= 15 is 0 Å². The zero-order valence-electron chi connectivity index (χ0n) is 9.63. The third-order valence-electron chi connectivity index (χ3n) is 2.78. The fourth-order valence-corrected chi connectivity index (χ4v) is 2.19. The molecule has 0 aliphatic rings. The van der Waals surface area contributed by atoms with Crippen molar-refractivity contribution in [3.05, 3.63) is 57.5 Å². The van der Waals surface area contributed by atoms with Crippen LogP contribution in [0, 0.1) is 6.92 Å². The van der Waals surface area contributed by atoms with Gasteiger partial charge in [-0.2, -0.15) is 0 Å². The molecular weight excluding hydrogens is 257 g/mol. The molecule has 2 nitrogen and oxygen atoms in total. The van der Waals surface area contributed by atoms with Crippen LogP contribution in [0.3, 0.4) is 0 Å². The SMILES string of the molecule is CNC(c1ccc(Cl)c(Cl)c1)c1ccoc1C. The van der Waals surface area contributed by atoms with Gasteiger partial charge in [-0.05, 0) is 37.7 Å². The summed E-state index contributed by atoms with van der Waals surface area (Å²) in [5.41, 5.74) is 2.16. The number of benzene rings is 1. The highest BCUT2D eigenvalue weighted by Crippen LogP contribution is 2.30. The highest BCUT2D eigenvalue weighted by molar-refractivity contribution is 6.42. The Labute approximate surface area is 111 Å². The molecule has 0 saturated carbocycles. The van der Waals surface area contributed by atoms with E-state index in [1.165, 1.54) is 0 Å². The van der Waals surface area contributed by atoms with Gasteiger partial charge in [0, 0.05) is 5.56 Å². The Bertz CT molecular complexity index is 522. The van der Waals surface area contributed by atoms with Crippen molar-refractivity contribution in [1.29, 1.82) is 0 Å². The summed E-state index contributed by atoms with van der Waals surface area (Å²) in [7, 11) is 1.90. The van der Waals surface area contributed by atoms with Crippen molar-refractivity contribution in [2.45, 2.75) is 13.0 Å². The fourth-order valence-electron chi connectivity index (χ4n) is 1.89. The molecule has 2 aromatic rings. The standard InChI is InChI=1S/C13H13Cl2NO/c1-8-10(5-6-17-8)13(16-2)9-3-4-11(14)12(15)7-9/h3-7,13,16H,1-2H3. The van der Waals surface area contributed by atoms with E-state index in [2.05, 4.69) is 5.32 Å². The van der Waals surface area contributed by atoms with Gasteiger partial charge in [0.1, 0.15) is 5.76 Å². The van der Waals surface area contributed by atoms with Gasteiger partial charge in [0.25, 0.3) is 0 Å². The number of aryl methyl sites for hydroxylation is 1. The Morgan fingerprint density at radius 1 is 1.18 bits per heavy atom. The molecule has 1 aromatic heterocycles. The van der Waals surface area contributed by atoms with Crippen LogP contribution in [0.15, 0.2) is 34.9 Å². The van der Waals surface area contributed by atoms with Crippen molar-refractivity contribution in [2.75, 3.05) is 7.05 Å². The maximum Gasteiger partial charge on any atom is 0.105 e. The lowest BCUT2D eigenvalue weighted by Gasteiger charge is -2.16. The van der Waals surface area contributed by atoms with Gasteiger partial charge in [-0.1, -0.05) is 29.3 Å². The predicted molar refractivity (Wildman–Crippen MR) is 70.8 cm³/mol. The van der Waals surface area contributed by atoms with Crippen LogP contribution in [0.2, 0.25) is 10.0 Å². The number of nitrogens with one attached hydrogen (secondary N) is 1. The zero-order valence-corrected chi connectivity index (χ0v) is 11.1. The van der Waals surface area contributed by atoms with Crippen molar-refractivity contribution >= 4 is 23.2 Å². The molecule has 4 heteroatoms. The van der Waals surface area contributed by atoms with Crippen LogP contribution in [0.25, 0.3) is 0 Å². The normalized spacial score (nSPS) is 12.7. The number of rotatable bonds is 3. The Morgan fingerprint density at radius 2 is 1.94 bits per heavy atom. The number of halogens is 2. The minimum absolute atomic E-state index is 0.0588. The molecule has 1 unspecified atom stereocenters. The summed E-state index contributed by atoms with van der Waals surface area (Å²) in [4.78, 5) is 0. The zero-order chi connectivity index (χ0) is 12.4. The van der Waals surface area contributed by atoms with Gasteiger partial charge in [0.15, 0.2) is 0 Å². The molecule has 0 saturated heterocycles. The summed E-state index contributed by atoms with van der Waals surface area (Å²) < 4.78 is 5.32. The van der Waals surface area contributed by atoms with Gasteiger partial charge < -0.3 is 9.73 Å². The molecule has 0 fully saturated rings. The first-order valence-corrected chi connectivity index (χ1v) is 6.05. The lowest BCUT2D eigenvalue weighted by Crippen LogP contribution is -2.17. The van der Waals surface area contributed by atoms with Gasteiger partial charge >= 0.3 is 0 Å². The van der Waals surface area contributed by atoms with Crippen LogP contribution in [-0.4, -0.2) is 7.05 Å². The van der Waals surface area contributed by atoms with Crippen LogP contribution in [0.5, 0.6) is 0 Å². The quantitative estimate of drug-likeness (QED) is 0.904. The van der Waals surface area contributed by atoms with E-state index in [9.17, 15) is 0 Å². The minimum atomic E-state index is 0.0588. The third kappa shape index (κ3) is 2.49. The number of hydrogen-bond acceptors (Lipinski definition) is 2. The van der Waals surface area contributed by atoms with E-state index in [1.807, 2.05) is 32.2 Å². The maximum absolute atomic E-state index is 6.03. The van der Waals surface area contributed by atoms with E-state index in [0.29, 0.717) is 10.0 Å². The molecule has 0 radical (unpaired) electrons. The summed E-state index contributed by atoms with van der Waals surface area (Å²) >= 11 is 11.9. The monoisotopic (exact) mass is 269 g/mol. The number of furan rings is 1. The lowest BCUT2D eigenvalue weighted by atomic mass is 9.99. The van der Waals surface area contributed by atoms with Crippen LogP contribution in [0.1, 0.15) is 22.9 Å². The van der Waals surface area contributed by atoms with Gasteiger partial charge in [-0.15, -0.1) is 0 Å². The van der Waals surface area contributed by atoms with E-state index in [-0.39, 0.29) is 6.04 Å². The van der Waals surface area contributed by atoms with Crippen molar-refractivity contribution in [2.24, 2.45) is 0 Å². The van der Waals surface area contributed by atoms with Crippen molar-refractivity contribution in [3.8, 4) is 0 Å². The molecule has 1 aromatic carbocycles. The predicted octanol–water partition coefficient (Wildman–Crippen LogP) is 4.20. The van der Waals surface area contributed by atoms with Crippen LogP contribution in [-0.2, 0) is 0 Å². The van der Waals surface area contributed by atoms with Crippen LogP contribution in [0.4, 0.5) is 0 Å². The first kappa shape index (κ1) is 12.5. The molecule has 0 bridgehead atoms. The van der Waals surface area contributed by atoms with Crippen molar-refractivity contribution in [3.63, 3.8) is 0 Å². The second-order valence-corrected chi connectivity index (χ2v) is 4.64. The molecule has 1 N–H and O–H groups in total. The Kier molecular flexibility index (Phi) is 3.77. The van der Waals surface area contributed by atoms with Crippen molar-refractivity contribution in [1.82, 2.24) is 5.32 Å². The van der Waals surface area contributed by atoms with Crippen molar-refractivity contribution < 1.29 is 4.42 Å². The highest BCUT2D eigenvalue weighted by Gasteiger charge is 2.16. The van der Waals surface area contributed by atoms with E-state index in [1.54, 1.807) is 12.3 Å². The largest absolute Gasteiger partial charge is 0.469 e. The molecule has 90 valence electrons. The van der Waals surface area contributed by atoms with Gasteiger partial charge in [0.2, 0.25) is 0 Å². The van der Waals surface area contributed by atoms with Gasteiger partial charge in [0.05, 0.1) is 22.4 Å². The summed E-state index contributed by atoms with van der Waals surface area (Å²) in [6.07, 6.45) is 1.69. The average Bonchev–Trinajstić information content (AvgIpc) is 2.71. The van der Waals surface area contributed by atoms with Crippen LogP contribution < -0.4 is 5.32 Å². The number of hydrogen-bond donors (Lipinski definition) is 1. The summed E-state index contributed by atoms with van der Waals surface area (Å²) in [6, 6.07) is 7.65. The van der Waals surface area contributed by atoms with E-state index < -0.39 is 0 Å². The smallest absolute Gasteiger partial charge is 0.105 e. The maximum atomic E-state index is 6.03. The van der Waals surface area contributed by atoms with E-state index in [0.717, 1.165) is 16.9 Å². The average molecular weight is 270 g/mol. The highest BCUT2D eigenvalue weighted by atomic mass is 35.5. The molecule has 0 aliphatic carbocycles. The summed E-state index contributed by atoms with van der Waals surface area (Å²) in [6.45, 7) is 1.94. The molecular formula is C13H13Cl2NO. The van der Waals surface area contributed by atoms with Gasteiger partial charge in [-0.25, -0.2) is 0 Å². The second-order valence-electron chi connectivity index (χ2n) is 3.83. The topological polar surface area (TPSA) is 25.2 Å². The molecule has 2 rings (SSSR count). The van der Waals surface area contributed by atoms with Crippen LogP contribution >= 0.6 is 23.2 Å². The molecule has 0 amide bonds. The Hall–Kier alpha value is -0.960.